The van der Waals surface area contributed by atoms with E-state index in [1.165, 1.54) is 10.8 Å². The molecule has 12 heteroatoms. The first-order valence-electron chi connectivity index (χ1n) is 9.99. The minimum absolute atomic E-state index is 0.266. The molecule has 0 aromatic heterocycles. The predicted octanol–water partition coefficient (Wildman–Crippen LogP) is 2.60. The summed E-state index contributed by atoms with van der Waals surface area (Å²) >= 11 is 0. The summed E-state index contributed by atoms with van der Waals surface area (Å²) in [7, 11) is 1.14. The second kappa shape index (κ2) is 10.5. The predicted molar refractivity (Wildman–Crippen MR) is 111 cm³/mol. The van der Waals surface area contributed by atoms with Crippen molar-refractivity contribution in [2.75, 3.05) is 20.3 Å². The van der Waals surface area contributed by atoms with E-state index in [2.05, 4.69) is 9.57 Å². The minimum atomic E-state index is -5.21. The average Bonchev–Trinajstić information content (AvgIpc) is 3.11. The summed E-state index contributed by atoms with van der Waals surface area (Å²) in [6, 6.07) is 11.7. The fourth-order valence-electron chi connectivity index (χ4n) is 3.55. The van der Waals surface area contributed by atoms with Crippen LogP contribution in [-0.2, 0) is 23.9 Å². The highest BCUT2D eigenvalue weighted by atomic mass is 19.4. The normalized spacial score (nSPS) is 14.5. The monoisotopic (exact) mass is 482 g/mol. The van der Waals surface area contributed by atoms with E-state index in [0.717, 1.165) is 29.4 Å². The molecule has 3 rings (SSSR count). The third kappa shape index (κ3) is 5.64. The number of hydrogen-bond acceptors (Lipinski definition) is 6. The summed E-state index contributed by atoms with van der Waals surface area (Å²) in [5.74, 6) is -3.80. The number of carboxylic acids is 1. The van der Waals surface area contributed by atoms with Crippen LogP contribution in [0.3, 0.4) is 0 Å². The number of benzene rings is 2. The molecule has 2 amide bonds. The lowest BCUT2D eigenvalue weighted by atomic mass is 9.98. The van der Waals surface area contributed by atoms with E-state index in [1.54, 1.807) is 12.1 Å². The third-order valence-corrected chi connectivity index (χ3v) is 5.09. The van der Waals surface area contributed by atoms with Crippen LogP contribution in [0.25, 0.3) is 11.1 Å². The number of carbonyl (C=O) groups excluding carboxylic acids is 2. The zero-order valence-electron chi connectivity index (χ0n) is 17.8. The van der Waals surface area contributed by atoms with Crippen LogP contribution in [0.2, 0.25) is 0 Å². The van der Waals surface area contributed by atoms with Gasteiger partial charge in [0.15, 0.2) is 0 Å². The highest BCUT2D eigenvalue weighted by molar-refractivity contribution is 5.86. The highest BCUT2D eigenvalue weighted by Crippen LogP contribution is 2.44. The number of halogens is 3. The first kappa shape index (κ1) is 25.0. The number of rotatable bonds is 9. The lowest BCUT2D eigenvalue weighted by Crippen LogP contribution is -2.56. The number of ether oxygens (including phenoxy) is 2. The molecule has 0 bridgehead atoms. The van der Waals surface area contributed by atoms with Crippen molar-refractivity contribution in [2.45, 2.75) is 24.2 Å². The lowest BCUT2D eigenvalue weighted by molar-refractivity contribution is -0.182. The van der Waals surface area contributed by atoms with E-state index in [0.29, 0.717) is 0 Å². The summed E-state index contributed by atoms with van der Waals surface area (Å²) in [5.41, 5.74) is 4.97. The number of carbonyl (C=O) groups is 3. The molecule has 2 aromatic rings. The van der Waals surface area contributed by atoms with Crippen molar-refractivity contribution >= 4 is 18.0 Å². The number of aliphatic carboxylic acids is 1. The molecule has 0 heterocycles. The van der Waals surface area contributed by atoms with Crippen LogP contribution in [-0.4, -0.2) is 61.7 Å². The number of hydroxylamine groups is 1. The number of hydrogen-bond donors (Lipinski definition) is 3. The number of methoxy groups -OCH3 is 1. The molecular formula is C22H21F3N2O7. The smallest absolute Gasteiger partial charge is 0.417 e. The van der Waals surface area contributed by atoms with Gasteiger partial charge in [-0.15, -0.1) is 0 Å². The Morgan fingerprint density at radius 1 is 1.03 bits per heavy atom. The van der Waals surface area contributed by atoms with E-state index >= 15 is 0 Å². The number of fused-ring (bicyclic) bond motifs is 3. The number of amides is 2. The average molecular weight is 482 g/mol. The molecule has 0 fully saturated rings. The van der Waals surface area contributed by atoms with Crippen molar-refractivity contribution in [3.8, 4) is 11.1 Å². The summed E-state index contributed by atoms with van der Waals surface area (Å²) in [5, 5.41) is 10.4. The van der Waals surface area contributed by atoms with Crippen molar-refractivity contribution < 1.29 is 47.0 Å². The second-order valence-electron chi connectivity index (χ2n) is 7.31. The Morgan fingerprint density at radius 3 is 2.09 bits per heavy atom. The lowest BCUT2D eigenvalue weighted by Gasteiger charge is -2.22. The van der Waals surface area contributed by atoms with E-state index in [1.807, 2.05) is 36.4 Å². The van der Waals surface area contributed by atoms with Crippen LogP contribution < -0.4 is 10.8 Å². The summed E-state index contributed by atoms with van der Waals surface area (Å²) < 4.78 is 49.7. The fourth-order valence-corrected chi connectivity index (χ4v) is 3.55. The molecule has 0 aliphatic heterocycles. The third-order valence-electron chi connectivity index (χ3n) is 5.09. The number of alkyl halides is 3. The number of alkyl carbamates (subject to hydrolysis) is 1. The molecule has 2 unspecified atom stereocenters. The van der Waals surface area contributed by atoms with Gasteiger partial charge in [0.2, 0.25) is 12.1 Å². The molecule has 1 aliphatic carbocycles. The van der Waals surface area contributed by atoms with Gasteiger partial charge in [-0.25, -0.2) is 15.1 Å². The van der Waals surface area contributed by atoms with Gasteiger partial charge in [0, 0.05) is 13.0 Å². The molecule has 34 heavy (non-hydrogen) atoms. The molecular weight excluding hydrogens is 461 g/mol. The molecule has 2 atom stereocenters. The van der Waals surface area contributed by atoms with Gasteiger partial charge in [-0.1, -0.05) is 48.5 Å². The van der Waals surface area contributed by atoms with Gasteiger partial charge in [0.25, 0.3) is 5.91 Å². The van der Waals surface area contributed by atoms with E-state index in [-0.39, 0.29) is 6.61 Å². The summed E-state index contributed by atoms with van der Waals surface area (Å²) in [6.07, 6.45) is -8.44. The quantitative estimate of drug-likeness (QED) is 0.470. The van der Waals surface area contributed by atoms with Crippen LogP contribution in [0.15, 0.2) is 48.5 Å². The zero-order valence-corrected chi connectivity index (χ0v) is 17.8. The standard InChI is InChI=1S/C22H21F3N2O7/c1-32-11-17(20(29)30)34-27-19(28)18(22(23,24)25)26-21(31)33-10-16-14-8-4-2-6-12(14)13-7-3-5-9-15(13)16/h2-9,16-18H,10-11H2,1H3,(H,26,31)(H,27,28)(H,29,30). The topological polar surface area (TPSA) is 123 Å². The van der Waals surface area contributed by atoms with Gasteiger partial charge < -0.3 is 19.9 Å². The summed E-state index contributed by atoms with van der Waals surface area (Å²) in [6.45, 7) is -0.802. The fraction of sp³-hybridized carbons (Fsp3) is 0.318. The maximum atomic E-state index is 13.4. The Bertz CT molecular complexity index is 1020. The Kier molecular flexibility index (Phi) is 7.74. The van der Waals surface area contributed by atoms with Gasteiger partial charge in [-0.05, 0) is 22.3 Å². The molecule has 182 valence electrons. The first-order valence-corrected chi connectivity index (χ1v) is 9.99. The molecule has 0 radical (unpaired) electrons. The molecule has 1 aliphatic rings. The highest BCUT2D eigenvalue weighted by Gasteiger charge is 2.47. The van der Waals surface area contributed by atoms with Crippen LogP contribution in [0.5, 0.6) is 0 Å². The van der Waals surface area contributed by atoms with Crippen molar-refractivity contribution in [2.24, 2.45) is 0 Å². The van der Waals surface area contributed by atoms with Gasteiger partial charge in [0.05, 0.1) is 6.61 Å². The van der Waals surface area contributed by atoms with E-state index in [9.17, 15) is 27.6 Å². The number of carboxylic acid groups (broad SMARTS) is 1. The van der Waals surface area contributed by atoms with E-state index in [4.69, 9.17) is 9.84 Å². The van der Waals surface area contributed by atoms with Gasteiger partial charge >= 0.3 is 18.2 Å². The summed E-state index contributed by atoms with van der Waals surface area (Å²) in [4.78, 5) is 39.6. The maximum Gasteiger partial charge on any atom is 0.417 e. The zero-order chi connectivity index (χ0) is 24.9. The first-order chi connectivity index (χ1) is 16.1. The second-order valence-corrected chi connectivity index (χ2v) is 7.31. The Balaban J connectivity index is 1.65. The van der Waals surface area contributed by atoms with Crippen LogP contribution in [0.4, 0.5) is 18.0 Å². The SMILES string of the molecule is COCC(ONC(=O)C(NC(=O)OCC1c2ccccc2-c2ccccc21)C(F)(F)F)C(=O)O. The van der Waals surface area contributed by atoms with E-state index < -0.39 is 48.8 Å². The molecule has 2 aromatic carbocycles. The minimum Gasteiger partial charge on any atom is -0.479 e. The Labute approximate surface area is 191 Å². The van der Waals surface area contributed by atoms with Crippen molar-refractivity contribution in [3.63, 3.8) is 0 Å². The van der Waals surface area contributed by atoms with Crippen molar-refractivity contribution in [1.82, 2.24) is 10.8 Å². The van der Waals surface area contributed by atoms with Gasteiger partial charge in [0.1, 0.15) is 6.61 Å². The van der Waals surface area contributed by atoms with Gasteiger partial charge in [-0.3, -0.25) is 9.63 Å². The molecule has 0 saturated carbocycles. The molecule has 0 spiro atoms. The Morgan fingerprint density at radius 2 is 1.59 bits per heavy atom. The van der Waals surface area contributed by atoms with Gasteiger partial charge in [-0.2, -0.15) is 13.2 Å². The number of nitrogens with one attached hydrogen (secondary N) is 2. The Hall–Kier alpha value is -3.64. The largest absolute Gasteiger partial charge is 0.479 e. The molecule has 3 N–H and O–H groups in total. The van der Waals surface area contributed by atoms with Crippen molar-refractivity contribution in [3.05, 3.63) is 59.7 Å². The van der Waals surface area contributed by atoms with Crippen LogP contribution >= 0.6 is 0 Å². The molecule has 9 nitrogen and oxygen atoms in total. The van der Waals surface area contributed by atoms with Crippen LogP contribution in [0.1, 0.15) is 17.0 Å². The molecule has 0 saturated heterocycles. The maximum absolute atomic E-state index is 13.4. The van der Waals surface area contributed by atoms with Crippen molar-refractivity contribution in [1.29, 1.82) is 0 Å². The van der Waals surface area contributed by atoms with Crippen LogP contribution in [0, 0.1) is 0 Å².